The number of nitrogens with zero attached hydrogens (tertiary/aromatic N) is 1. The van der Waals surface area contributed by atoms with E-state index in [-0.39, 0.29) is 11.9 Å². The molecule has 2 heterocycles. The predicted octanol–water partition coefficient (Wildman–Crippen LogP) is 2.96. The number of hydrogen-bond donors (Lipinski definition) is 2. The third kappa shape index (κ3) is 4.29. The van der Waals surface area contributed by atoms with E-state index in [1.54, 1.807) is 23.5 Å². The second kappa shape index (κ2) is 6.72. The van der Waals surface area contributed by atoms with Crippen molar-refractivity contribution < 1.29 is 4.79 Å². The molecule has 1 unspecified atom stereocenters. The standard InChI is InChI=1S/C16H21N3OS/c1-4-13-8-12(9-15(17)19-13)16(20)18-10(2)7-14-6-5-11(3)21-14/h5-6,8-10H,4,7H2,1-3H3,(H2,17,19)(H,18,20). The van der Waals surface area contributed by atoms with Gasteiger partial charge in [0.2, 0.25) is 0 Å². The lowest BCUT2D eigenvalue weighted by atomic mass is 10.1. The molecule has 0 saturated heterocycles. The van der Waals surface area contributed by atoms with Crippen LogP contribution in [0.25, 0.3) is 0 Å². The van der Waals surface area contributed by atoms with Gasteiger partial charge >= 0.3 is 0 Å². The van der Waals surface area contributed by atoms with E-state index in [9.17, 15) is 4.79 Å². The molecule has 0 fully saturated rings. The van der Waals surface area contributed by atoms with E-state index in [1.165, 1.54) is 9.75 Å². The van der Waals surface area contributed by atoms with E-state index < -0.39 is 0 Å². The Bertz CT molecular complexity index is 636. The van der Waals surface area contributed by atoms with Crippen LogP contribution in [0, 0.1) is 6.92 Å². The molecule has 0 radical (unpaired) electrons. The Balaban J connectivity index is 2.02. The molecule has 0 aromatic carbocycles. The van der Waals surface area contributed by atoms with Crippen molar-refractivity contribution in [3.05, 3.63) is 45.3 Å². The van der Waals surface area contributed by atoms with Gasteiger partial charge in [0.1, 0.15) is 5.82 Å². The average Bonchev–Trinajstić information content (AvgIpc) is 2.83. The number of carbonyl (C=O) groups is 1. The van der Waals surface area contributed by atoms with Crippen molar-refractivity contribution in [3.63, 3.8) is 0 Å². The van der Waals surface area contributed by atoms with Gasteiger partial charge in [0.05, 0.1) is 0 Å². The number of aryl methyl sites for hydroxylation is 2. The third-order valence-electron chi connectivity index (χ3n) is 3.20. The van der Waals surface area contributed by atoms with Gasteiger partial charge in [-0.15, -0.1) is 11.3 Å². The SMILES string of the molecule is CCc1cc(C(=O)NC(C)Cc2ccc(C)s2)cc(N)n1. The average molecular weight is 303 g/mol. The van der Waals surface area contributed by atoms with Crippen LogP contribution in [0.4, 0.5) is 5.82 Å². The summed E-state index contributed by atoms with van der Waals surface area (Å²) in [5, 5.41) is 3.02. The quantitative estimate of drug-likeness (QED) is 0.892. The molecular weight excluding hydrogens is 282 g/mol. The Kier molecular flexibility index (Phi) is 4.96. The van der Waals surface area contributed by atoms with Gasteiger partial charge in [0.25, 0.3) is 5.91 Å². The number of nitrogens with one attached hydrogen (secondary N) is 1. The van der Waals surface area contributed by atoms with Gasteiger partial charge in [-0.2, -0.15) is 0 Å². The van der Waals surface area contributed by atoms with Crippen LogP contribution < -0.4 is 11.1 Å². The number of aromatic nitrogens is 1. The molecule has 0 aliphatic carbocycles. The lowest BCUT2D eigenvalue weighted by molar-refractivity contribution is 0.0940. The van der Waals surface area contributed by atoms with E-state index in [1.807, 2.05) is 13.8 Å². The Morgan fingerprint density at radius 3 is 2.81 bits per heavy atom. The first-order valence-electron chi connectivity index (χ1n) is 7.10. The lowest BCUT2D eigenvalue weighted by Crippen LogP contribution is -2.34. The van der Waals surface area contributed by atoms with Crippen LogP contribution in [0.2, 0.25) is 0 Å². The monoisotopic (exact) mass is 303 g/mol. The molecule has 4 nitrogen and oxygen atoms in total. The number of anilines is 1. The predicted molar refractivity (Wildman–Crippen MR) is 87.7 cm³/mol. The summed E-state index contributed by atoms with van der Waals surface area (Å²) in [6.45, 7) is 6.09. The lowest BCUT2D eigenvalue weighted by Gasteiger charge is -2.13. The fourth-order valence-corrected chi connectivity index (χ4v) is 3.20. The van der Waals surface area contributed by atoms with Crippen molar-refractivity contribution >= 4 is 23.1 Å². The summed E-state index contributed by atoms with van der Waals surface area (Å²) in [5.74, 6) is 0.292. The Labute approximate surface area is 129 Å². The van der Waals surface area contributed by atoms with Crippen LogP contribution in [-0.2, 0) is 12.8 Å². The van der Waals surface area contributed by atoms with E-state index in [2.05, 4.69) is 29.4 Å². The van der Waals surface area contributed by atoms with Crippen molar-refractivity contribution in [2.24, 2.45) is 0 Å². The van der Waals surface area contributed by atoms with Gasteiger partial charge in [-0.3, -0.25) is 4.79 Å². The minimum absolute atomic E-state index is 0.0787. The molecule has 5 heteroatoms. The molecule has 2 aromatic rings. The van der Waals surface area contributed by atoms with E-state index in [0.717, 1.165) is 18.5 Å². The molecule has 0 aliphatic rings. The van der Waals surface area contributed by atoms with Crippen molar-refractivity contribution in [2.45, 2.75) is 39.7 Å². The number of amides is 1. The van der Waals surface area contributed by atoms with Crippen LogP contribution in [0.1, 0.15) is 39.7 Å². The van der Waals surface area contributed by atoms with E-state index in [4.69, 9.17) is 5.73 Å². The number of pyridine rings is 1. The summed E-state index contributed by atoms with van der Waals surface area (Å²) in [5.41, 5.74) is 7.15. The number of nitrogens with two attached hydrogens (primary N) is 1. The van der Waals surface area contributed by atoms with Crippen molar-refractivity contribution in [2.75, 3.05) is 5.73 Å². The highest BCUT2D eigenvalue weighted by atomic mass is 32.1. The van der Waals surface area contributed by atoms with Crippen LogP contribution in [0.5, 0.6) is 0 Å². The summed E-state index contributed by atoms with van der Waals surface area (Å²) >= 11 is 1.77. The summed E-state index contributed by atoms with van der Waals surface area (Å²) < 4.78 is 0. The van der Waals surface area contributed by atoms with Gasteiger partial charge in [0.15, 0.2) is 0 Å². The number of nitrogen functional groups attached to an aromatic ring is 1. The highest BCUT2D eigenvalue weighted by Crippen LogP contribution is 2.17. The minimum Gasteiger partial charge on any atom is -0.384 e. The fraction of sp³-hybridized carbons (Fsp3) is 0.375. The van der Waals surface area contributed by atoms with Crippen LogP contribution in [0.15, 0.2) is 24.3 Å². The zero-order valence-electron chi connectivity index (χ0n) is 12.6. The molecule has 0 bridgehead atoms. The van der Waals surface area contributed by atoms with E-state index >= 15 is 0 Å². The summed E-state index contributed by atoms with van der Waals surface area (Å²) in [6, 6.07) is 7.72. The second-order valence-electron chi connectivity index (χ2n) is 5.22. The maximum absolute atomic E-state index is 12.3. The molecule has 1 atom stereocenters. The molecule has 3 N–H and O–H groups in total. The van der Waals surface area contributed by atoms with Gasteiger partial charge in [-0.05, 0) is 44.5 Å². The zero-order valence-corrected chi connectivity index (χ0v) is 13.5. The van der Waals surface area contributed by atoms with Crippen molar-refractivity contribution in [1.82, 2.24) is 10.3 Å². The first kappa shape index (κ1) is 15.5. The summed E-state index contributed by atoms with van der Waals surface area (Å²) in [4.78, 5) is 19.0. The zero-order chi connectivity index (χ0) is 15.4. The largest absolute Gasteiger partial charge is 0.384 e. The number of thiophene rings is 1. The van der Waals surface area contributed by atoms with Crippen LogP contribution in [0.3, 0.4) is 0 Å². The van der Waals surface area contributed by atoms with Gasteiger partial charge in [-0.1, -0.05) is 6.92 Å². The van der Waals surface area contributed by atoms with Crippen LogP contribution in [-0.4, -0.2) is 16.9 Å². The van der Waals surface area contributed by atoms with Gasteiger partial charge in [0, 0.05) is 33.5 Å². The molecule has 1 amide bonds. The minimum atomic E-state index is -0.0976. The number of carbonyl (C=O) groups excluding carboxylic acids is 1. The number of rotatable bonds is 5. The molecule has 0 spiro atoms. The van der Waals surface area contributed by atoms with Crippen molar-refractivity contribution in [3.8, 4) is 0 Å². The highest BCUT2D eigenvalue weighted by Gasteiger charge is 2.12. The highest BCUT2D eigenvalue weighted by molar-refractivity contribution is 7.11. The van der Waals surface area contributed by atoms with E-state index in [0.29, 0.717) is 11.4 Å². The third-order valence-corrected chi connectivity index (χ3v) is 4.23. The first-order chi connectivity index (χ1) is 9.97. The van der Waals surface area contributed by atoms with Crippen molar-refractivity contribution in [1.29, 1.82) is 0 Å². The second-order valence-corrected chi connectivity index (χ2v) is 6.59. The summed E-state index contributed by atoms with van der Waals surface area (Å²) in [7, 11) is 0. The van der Waals surface area contributed by atoms with Crippen LogP contribution >= 0.6 is 11.3 Å². The van der Waals surface area contributed by atoms with Gasteiger partial charge < -0.3 is 11.1 Å². The Morgan fingerprint density at radius 2 is 2.19 bits per heavy atom. The Morgan fingerprint density at radius 1 is 1.43 bits per heavy atom. The number of hydrogen-bond acceptors (Lipinski definition) is 4. The first-order valence-corrected chi connectivity index (χ1v) is 7.92. The normalized spacial score (nSPS) is 12.1. The maximum atomic E-state index is 12.3. The molecule has 2 rings (SSSR count). The molecule has 0 saturated carbocycles. The topological polar surface area (TPSA) is 68.0 Å². The Hall–Kier alpha value is -1.88. The fourth-order valence-electron chi connectivity index (χ4n) is 2.18. The molecule has 2 aromatic heterocycles. The molecule has 0 aliphatic heterocycles. The molecular formula is C16H21N3OS. The summed E-state index contributed by atoms with van der Waals surface area (Å²) in [6.07, 6.45) is 1.60. The molecule has 112 valence electrons. The van der Waals surface area contributed by atoms with Gasteiger partial charge in [-0.25, -0.2) is 4.98 Å². The maximum Gasteiger partial charge on any atom is 0.251 e. The smallest absolute Gasteiger partial charge is 0.251 e. The molecule has 21 heavy (non-hydrogen) atoms.